The summed E-state index contributed by atoms with van der Waals surface area (Å²) in [5, 5.41) is 10.7. The van der Waals surface area contributed by atoms with Crippen molar-refractivity contribution in [2.45, 2.75) is 20.8 Å². The average molecular weight is 433 g/mol. The van der Waals surface area contributed by atoms with Gasteiger partial charge in [0.2, 0.25) is 0 Å². The number of nitrogens with zero attached hydrogens (tertiary/aromatic N) is 1. The van der Waals surface area contributed by atoms with Crippen LogP contribution in [0, 0.1) is 24.3 Å². The van der Waals surface area contributed by atoms with Gasteiger partial charge in [-0.1, -0.05) is 0 Å². The summed E-state index contributed by atoms with van der Waals surface area (Å²) in [6.45, 7) is 5.59. The Hall–Kier alpha value is -2.15. The number of rotatable bonds is 2. The van der Waals surface area contributed by atoms with E-state index in [1.54, 1.807) is 31.5 Å². The first kappa shape index (κ1) is 16.7. The molecule has 0 aliphatic rings. The minimum atomic E-state index is -0.552. The van der Waals surface area contributed by atoms with Crippen LogP contribution in [0.25, 0.3) is 22.5 Å². The lowest BCUT2D eigenvalue weighted by molar-refractivity contribution is 0.450. The van der Waals surface area contributed by atoms with Crippen molar-refractivity contribution < 1.29 is 9.52 Å². The van der Waals surface area contributed by atoms with Crippen molar-refractivity contribution in [3.8, 4) is 28.2 Å². The Morgan fingerprint density at radius 3 is 2.38 bits per heavy atom. The SMILES string of the molecule is Cc1cc(I)cc(C)c1-c1c(O)c(C)c(-c2cccnc2)oc1=O. The fourth-order valence-corrected chi connectivity index (χ4v) is 3.84. The van der Waals surface area contributed by atoms with E-state index < -0.39 is 5.63 Å². The molecule has 3 rings (SSSR count). The largest absolute Gasteiger partial charge is 0.507 e. The normalized spacial score (nSPS) is 10.8. The van der Waals surface area contributed by atoms with Gasteiger partial charge in [-0.3, -0.25) is 4.98 Å². The zero-order valence-corrected chi connectivity index (χ0v) is 15.7. The first-order chi connectivity index (χ1) is 11.4. The molecule has 1 N–H and O–H groups in total. The molecule has 0 radical (unpaired) electrons. The second kappa shape index (κ2) is 6.39. The number of benzene rings is 1. The molecule has 0 atom stereocenters. The molecule has 0 bridgehead atoms. The van der Waals surface area contributed by atoms with Gasteiger partial charge in [0.25, 0.3) is 0 Å². The number of hydrogen-bond acceptors (Lipinski definition) is 4. The predicted octanol–water partition coefficient (Wildman–Crippen LogP) is 4.60. The molecule has 2 heterocycles. The molecule has 0 amide bonds. The number of pyridine rings is 1. The van der Waals surface area contributed by atoms with Crippen LogP contribution in [-0.2, 0) is 0 Å². The molecule has 0 aliphatic carbocycles. The summed E-state index contributed by atoms with van der Waals surface area (Å²) < 4.78 is 6.63. The van der Waals surface area contributed by atoms with Gasteiger partial charge in [-0.15, -0.1) is 0 Å². The molecular formula is C19H16INO3. The van der Waals surface area contributed by atoms with Crippen LogP contribution in [-0.4, -0.2) is 10.1 Å². The highest BCUT2D eigenvalue weighted by Crippen LogP contribution is 2.37. The standard InChI is InChI=1S/C19H16INO3/c1-10-7-14(20)8-11(2)15(10)16-17(22)12(3)18(24-19(16)23)13-5-4-6-21-9-13/h4-9,22H,1-3H3. The molecule has 0 fully saturated rings. The fraction of sp³-hybridized carbons (Fsp3) is 0.158. The van der Waals surface area contributed by atoms with Gasteiger partial charge in [0, 0.05) is 27.1 Å². The summed E-state index contributed by atoms with van der Waals surface area (Å²) in [7, 11) is 0. The van der Waals surface area contributed by atoms with Gasteiger partial charge in [-0.2, -0.15) is 0 Å². The molecule has 1 aromatic carbocycles. The van der Waals surface area contributed by atoms with E-state index in [2.05, 4.69) is 27.6 Å². The highest BCUT2D eigenvalue weighted by molar-refractivity contribution is 14.1. The van der Waals surface area contributed by atoms with Crippen molar-refractivity contribution in [2.24, 2.45) is 0 Å². The minimum absolute atomic E-state index is 0.0440. The van der Waals surface area contributed by atoms with E-state index >= 15 is 0 Å². The van der Waals surface area contributed by atoms with Crippen LogP contribution in [0.3, 0.4) is 0 Å². The maximum absolute atomic E-state index is 12.6. The molecule has 2 aromatic heterocycles. The van der Waals surface area contributed by atoms with Gasteiger partial charge in [-0.05, 0) is 84.3 Å². The van der Waals surface area contributed by atoms with Gasteiger partial charge in [0.1, 0.15) is 17.1 Å². The second-order valence-electron chi connectivity index (χ2n) is 5.72. The van der Waals surface area contributed by atoms with Gasteiger partial charge in [0.15, 0.2) is 0 Å². The summed E-state index contributed by atoms with van der Waals surface area (Å²) in [5.74, 6) is 0.299. The van der Waals surface area contributed by atoms with Crippen molar-refractivity contribution in [2.75, 3.05) is 0 Å². The molecule has 5 heteroatoms. The first-order valence-electron chi connectivity index (χ1n) is 7.44. The topological polar surface area (TPSA) is 63.3 Å². The van der Waals surface area contributed by atoms with Crippen molar-refractivity contribution >= 4 is 22.6 Å². The summed E-state index contributed by atoms with van der Waals surface area (Å²) >= 11 is 2.23. The zero-order chi connectivity index (χ0) is 17.4. The van der Waals surface area contributed by atoms with Crippen LogP contribution in [0.2, 0.25) is 0 Å². The van der Waals surface area contributed by atoms with Crippen molar-refractivity contribution in [1.82, 2.24) is 4.98 Å². The Labute approximate surface area is 153 Å². The van der Waals surface area contributed by atoms with Crippen LogP contribution in [0.15, 0.2) is 45.9 Å². The van der Waals surface area contributed by atoms with E-state index in [1.807, 2.05) is 26.0 Å². The Bertz CT molecular complexity index is 955. The molecule has 3 aromatic rings. The molecule has 0 unspecified atom stereocenters. The second-order valence-corrected chi connectivity index (χ2v) is 6.97. The Morgan fingerprint density at radius 1 is 1.12 bits per heavy atom. The van der Waals surface area contributed by atoms with Crippen molar-refractivity contribution in [1.29, 1.82) is 0 Å². The molecule has 122 valence electrons. The smallest absolute Gasteiger partial charge is 0.348 e. The Kier molecular flexibility index (Phi) is 4.45. The van der Waals surface area contributed by atoms with Crippen LogP contribution in [0.4, 0.5) is 0 Å². The molecule has 0 saturated heterocycles. The maximum Gasteiger partial charge on any atom is 0.348 e. The van der Waals surface area contributed by atoms with E-state index in [0.29, 0.717) is 16.9 Å². The Morgan fingerprint density at radius 2 is 1.79 bits per heavy atom. The van der Waals surface area contributed by atoms with E-state index in [0.717, 1.165) is 20.3 Å². The van der Waals surface area contributed by atoms with Crippen LogP contribution < -0.4 is 5.63 Å². The average Bonchev–Trinajstić information content (AvgIpc) is 2.54. The number of hydrogen-bond donors (Lipinski definition) is 1. The first-order valence-corrected chi connectivity index (χ1v) is 8.52. The molecular weight excluding hydrogens is 417 g/mol. The van der Waals surface area contributed by atoms with Crippen molar-refractivity contribution in [3.63, 3.8) is 0 Å². The summed E-state index contributed by atoms with van der Waals surface area (Å²) in [5.41, 5.74) is 3.42. The zero-order valence-electron chi connectivity index (χ0n) is 13.6. The summed E-state index contributed by atoms with van der Waals surface area (Å²) in [4.78, 5) is 16.7. The molecule has 0 aliphatic heterocycles. The van der Waals surface area contributed by atoms with Crippen LogP contribution in [0.1, 0.15) is 16.7 Å². The number of halogens is 1. The number of aromatic hydroxyl groups is 1. The van der Waals surface area contributed by atoms with Gasteiger partial charge in [0.05, 0.1) is 0 Å². The van der Waals surface area contributed by atoms with E-state index in [-0.39, 0.29) is 11.3 Å². The molecule has 24 heavy (non-hydrogen) atoms. The quantitative estimate of drug-likeness (QED) is 0.600. The Balaban J connectivity index is 2.30. The fourth-order valence-electron chi connectivity index (χ4n) is 2.91. The monoisotopic (exact) mass is 433 g/mol. The third kappa shape index (κ3) is 2.84. The van der Waals surface area contributed by atoms with E-state index in [1.165, 1.54) is 0 Å². The highest BCUT2D eigenvalue weighted by Gasteiger charge is 2.21. The van der Waals surface area contributed by atoms with E-state index in [4.69, 9.17) is 4.42 Å². The molecule has 4 nitrogen and oxygen atoms in total. The lowest BCUT2D eigenvalue weighted by Gasteiger charge is -2.14. The number of aromatic nitrogens is 1. The third-order valence-electron chi connectivity index (χ3n) is 4.00. The van der Waals surface area contributed by atoms with Crippen LogP contribution in [0.5, 0.6) is 5.75 Å². The van der Waals surface area contributed by atoms with Gasteiger partial charge in [-0.25, -0.2) is 4.79 Å². The third-order valence-corrected chi connectivity index (χ3v) is 4.63. The minimum Gasteiger partial charge on any atom is -0.507 e. The number of aryl methyl sites for hydroxylation is 2. The lowest BCUT2D eigenvalue weighted by Crippen LogP contribution is -2.08. The van der Waals surface area contributed by atoms with Crippen molar-refractivity contribution in [3.05, 3.63) is 67.3 Å². The van der Waals surface area contributed by atoms with E-state index in [9.17, 15) is 9.90 Å². The maximum atomic E-state index is 12.6. The molecule has 0 spiro atoms. The summed E-state index contributed by atoms with van der Waals surface area (Å²) in [6.07, 6.45) is 3.25. The van der Waals surface area contributed by atoms with Crippen LogP contribution >= 0.6 is 22.6 Å². The highest BCUT2D eigenvalue weighted by atomic mass is 127. The van der Waals surface area contributed by atoms with Gasteiger partial charge >= 0.3 is 5.63 Å². The lowest BCUT2D eigenvalue weighted by atomic mass is 9.94. The molecule has 0 saturated carbocycles. The summed E-state index contributed by atoms with van der Waals surface area (Å²) in [6, 6.07) is 7.50. The van der Waals surface area contributed by atoms with Gasteiger partial charge < -0.3 is 9.52 Å². The predicted molar refractivity (Wildman–Crippen MR) is 102 cm³/mol.